The van der Waals surface area contributed by atoms with E-state index in [0.717, 1.165) is 44.0 Å². The number of hydrogen-bond donors (Lipinski definition) is 1. The molecule has 0 unspecified atom stereocenters. The van der Waals surface area contributed by atoms with Crippen LogP contribution >= 0.6 is 0 Å². The van der Waals surface area contributed by atoms with Crippen LogP contribution in [0.2, 0.25) is 0 Å². The lowest BCUT2D eigenvalue weighted by Gasteiger charge is -2.07. The van der Waals surface area contributed by atoms with Crippen LogP contribution in [-0.4, -0.2) is 36.4 Å². The summed E-state index contributed by atoms with van der Waals surface area (Å²) in [6.45, 7) is 5.77. The van der Waals surface area contributed by atoms with Crippen LogP contribution in [0.4, 0.5) is 0 Å². The lowest BCUT2D eigenvalue weighted by atomic mass is 10.3. The third-order valence-electron chi connectivity index (χ3n) is 3.06. The Morgan fingerprint density at radius 3 is 2.94 bits per heavy atom. The monoisotopic (exact) mass is 247 g/mol. The fourth-order valence-corrected chi connectivity index (χ4v) is 2.14. The van der Waals surface area contributed by atoms with Gasteiger partial charge in [0.05, 0.1) is 17.6 Å². The van der Waals surface area contributed by atoms with Crippen molar-refractivity contribution in [3.63, 3.8) is 0 Å². The highest BCUT2D eigenvalue weighted by Gasteiger charge is 2.05. The predicted molar refractivity (Wildman–Crippen MR) is 73.8 cm³/mol. The van der Waals surface area contributed by atoms with Gasteiger partial charge in [-0.1, -0.05) is 12.1 Å². The third kappa shape index (κ3) is 3.09. The van der Waals surface area contributed by atoms with Crippen molar-refractivity contribution in [2.75, 3.05) is 26.8 Å². The van der Waals surface area contributed by atoms with Crippen LogP contribution in [0.1, 0.15) is 12.2 Å². The smallest absolute Gasteiger partial charge is 0.106 e. The second kappa shape index (κ2) is 6.52. The number of fused-ring (bicyclic) bond motifs is 1. The van der Waals surface area contributed by atoms with E-state index in [1.54, 1.807) is 7.11 Å². The van der Waals surface area contributed by atoms with E-state index in [4.69, 9.17) is 4.74 Å². The number of rotatable bonds is 7. The molecule has 4 heteroatoms. The Morgan fingerprint density at radius 1 is 1.28 bits per heavy atom. The molecule has 0 aliphatic rings. The van der Waals surface area contributed by atoms with Crippen molar-refractivity contribution >= 4 is 11.0 Å². The number of benzene rings is 1. The minimum atomic E-state index is 0.771. The highest BCUT2D eigenvalue weighted by Crippen LogP contribution is 2.15. The largest absolute Gasteiger partial charge is 0.383 e. The molecule has 0 saturated heterocycles. The predicted octanol–water partition coefficient (Wildman–Crippen LogP) is 1.97. The van der Waals surface area contributed by atoms with Crippen LogP contribution in [0.15, 0.2) is 24.3 Å². The Kier molecular flexibility index (Phi) is 4.73. The van der Waals surface area contributed by atoms with Crippen LogP contribution in [0, 0.1) is 6.92 Å². The number of aromatic nitrogens is 2. The highest BCUT2D eigenvalue weighted by atomic mass is 16.5. The number of methoxy groups -OCH3 is 1. The Bertz CT molecular complexity index is 493. The molecular formula is C14H21N3O. The zero-order valence-electron chi connectivity index (χ0n) is 11.1. The van der Waals surface area contributed by atoms with Gasteiger partial charge in [0, 0.05) is 20.2 Å². The number of aryl methyl sites for hydroxylation is 2. The summed E-state index contributed by atoms with van der Waals surface area (Å²) in [4.78, 5) is 4.56. The van der Waals surface area contributed by atoms with Crippen molar-refractivity contribution < 1.29 is 4.74 Å². The van der Waals surface area contributed by atoms with Gasteiger partial charge in [0.15, 0.2) is 0 Å². The molecule has 0 spiro atoms. The van der Waals surface area contributed by atoms with Gasteiger partial charge in [0.2, 0.25) is 0 Å². The van der Waals surface area contributed by atoms with E-state index in [9.17, 15) is 0 Å². The molecule has 0 fully saturated rings. The molecule has 0 atom stereocenters. The number of nitrogens with one attached hydrogen (secondary N) is 1. The van der Waals surface area contributed by atoms with Gasteiger partial charge in [-0.25, -0.2) is 4.98 Å². The molecule has 2 rings (SSSR count). The van der Waals surface area contributed by atoms with Gasteiger partial charge in [-0.2, -0.15) is 0 Å². The molecule has 4 nitrogen and oxygen atoms in total. The molecular weight excluding hydrogens is 226 g/mol. The molecule has 18 heavy (non-hydrogen) atoms. The standard InChI is InChI=1S/C14H21N3O/c1-12-16-13-6-3-4-7-14(13)17(12)10-5-8-15-9-11-18-2/h3-4,6-7,15H,5,8-11H2,1-2H3. The van der Waals surface area contributed by atoms with E-state index in [1.165, 1.54) is 5.52 Å². The van der Waals surface area contributed by atoms with E-state index in [-0.39, 0.29) is 0 Å². The summed E-state index contributed by atoms with van der Waals surface area (Å²) in [5.74, 6) is 1.09. The summed E-state index contributed by atoms with van der Waals surface area (Å²) >= 11 is 0. The third-order valence-corrected chi connectivity index (χ3v) is 3.06. The van der Waals surface area contributed by atoms with Crippen molar-refractivity contribution in [2.45, 2.75) is 19.9 Å². The van der Waals surface area contributed by atoms with Crippen molar-refractivity contribution in [1.29, 1.82) is 0 Å². The summed E-state index contributed by atoms with van der Waals surface area (Å²) in [7, 11) is 1.72. The van der Waals surface area contributed by atoms with Crippen LogP contribution in [0.3, 0.4) is 0 Å². The zero-order chi connectivity index (χ0) is 12.8. The van der Waals surface area contributed by atoms with E-state index in [1.807, 2.05) is 6.07 Å². The number of ether oxygens (including phenoxy) is 1. The van der Waals surface area contributed by atoms with E-state index >= 15 is 0 Å². The van der Waals surface area contributed by atoms with E-state index in [2.05, 4.69) is 40.0 Å². The fraction of sp³-hybridized carbons (Fsp3) is 0.500. The normalized spacial score (nSPS) is 11.2. The van der Waals surface area contributed by atoms with Crippen molar-refractivity contribution in [2.24, 2.45) is 0 Å². The summed E-state index contributed by atoms with van der Waals surface area (Å²) in [6.07, 6.45) is 1.10. The van der Waals surface area contributed by atoms with E-state index < -0.39 is 0 Å². The van der Waals surface area contributed by atoms with Gasteiger partial charge < -0.3 is 14.6 Å². The highest BCUT2D eigenvalue weighted by molar-refractivity contribution is 5.75. The molecule has 0 saturated carbocycles. The Balaban J connectivity index is 1.89. The summed E-state index contributed by atoms with van der Waals surface area (Å²) in [6, 6.07) is 8.30. The molecule has 2 aromatic rings. The second-order valence-electron chi connectivity index (χ2n) is 4.40. The van der Waals surface area contributed by atoms with Crippen molar-refractivity contribution in [1.82, 2.24) is 14.9 Å². The van der Waals surface area contributed by atoms with E-state index in [0.29, 0.717) is 0 Å². The van der Waals surface area contributed by atoms with Gasteiger partial charge in [0.25, 0.3) is 0 Å². The Hall–Kier alpha value is -1.39. The minimum Gasteiger partial charge on any atom is -0.383 e. The average molecular weight is 247 g/mol. The van der Waals surface area contributed by atoms with Crippen LogP contribution in [-0.2, 0) is 11.3 Å². The molecule has 0 aliphatic carbocycles. The summed E-state index contributed by atoms with van der Waals surface area (Å²) in [5.41, 5.74) is 2.31. The van der Waals surface area contributed by atoms with Crippen LogP contribution < -0.4 is 5.32 Å². The Labute approximate surface area is 108 Å². The molecule has 1 heterocycles. The maximum absolute atomic E-state index is 4.99. The lowest BCUT2D eigenvalue weighted by Crippen LogP contribution is -2.21. The molecule has 0 bridgehead atoms. The molecule has 1 aromatic heterocycles. The first-order chi connectivity index (χ1) is 8.83. The molecule has 1 aromatic carbocycles. The van der Waals surface area contributed by atoms with Crippen molar-refractivity contribution in [3.05, 3.63) is 30.1 Å². The number of nitrogens with zero attached hydrogens (tertiary/aromatic N) is 2. The van der Waals surface area contributed by atoms with Gasteiger partial charge >= 0.3 is 0 Å². The van der Waals surface area contributed by atoms with Crippen molar-refractivity contribution in [3.8, 4) is 0 Å². The van der Waals surface area contributed by atoms with Crippen LogP contribution in [0.5, 0.6) is 0 Å². The number of imidazole rings is 1. The molecule has 0 aliphatic heterocycles. The quantitative estimate of drug-likeness (QED) is 0.760. The summed E-state index contributed by atoms with van der Waals surface area (Å²) < 4.78 is 7.28. The van der Waals surface area contributed by atoms with Gasteiger partial charge in [0.1, 0.15) is 5.82 Å². The number of hydrogen-bond acceptors (Lipinski definition) is 3. The zero-order valence-corrected chi connectivity index (χ0v) is 11.1. The minimum absolute atomic E-state index is 0.771. The lowest BCUT2D eigenvalue weighted by molar-refractivity contribution is 0.199. The molecule has 1 N–H and O–H groups in total. The Morgan fingerprint density at radius 2 is 2.11 bits per heavy atom. The first-order valence-electron chi connectivity index (χ1n) is 6.44. The first kappa shape index (κ1) is 13.1. The van der Waals surface area contributed by atoms with Crippen LogP contribution in [0.25, 0.3) is 11.0 Å². The maximum atomic E-state index is 4.99. The average Bonchev–Trinajstić information content (AvgIpc) is 2.70. The van der Waals surface area contributed by atoms with Gasteiger partial charge in [-0.05, 0) is 32.0 Å². The summed E-state index contributed by atoms with van der Waals surface area (Å²) in [5, 5.41) is 3.36. The molecule has 98 valence electrons. The fourth-order valence-electron chi connectivity index (χ4n) is 2.14. The maximum Gasteiger partial charge on any atom is 0.106 e. The van der Waals surface area contributed by atoms with Gasteiger partial charge in [-0.15, -0.1) is 0 Å². The second-order valence-corrected chi connectivity index (χ2v) is 4.40. The number of para-hydroxylation sites is 2. The van der Waals surface area contributed by atoms with Gasteiger partial charge in [-0.3, -0.25) is 0 Å². The molecule has 0 amide bonds. The first-order valence-corrected chi connectivity index (χ1v) is 6.44. The SMILES string of the molecule is COCCNCCCn1c(C)nc2ccccc21. The topological polar surface area (TPSA) is 39.1 Å². The molecule has 0 radical (unpaired) electrons.